The molecule has 1 fully saturated rings. The van der Waals surface area contributed by atoms with Gasteiger partial charge in [-0.05, 0) is 16.8 Å². The van der Waals surface area contributed by atoms with Crippen molar-refractivity contribution in [2.45, 2.75) is 6.04 Å². The maximum absolute atomic E-state index is 13.7. The third-order valence-electron chi connectivity index (χ3n) is 4.02. The number of halogens is 1. The number of hydrogen-bond acceptors (Lipinski definition) is 3. The Balaban J connectivity index is 2.08. The molecule has 1 saturated heterocycles. The lowest BCUT2D eigenvalue weighted by Crippen LogP contribution is -2.45. The smallest absolute Gasteiger partial charge is 0.121 e. The van der Waals surface area contributed by atoms with E-state index in [0.717, 1.165) is 37.0 Å². The second-order valence-corrected chi connectivity index (χ2v) is 5.18. The maximum atomic E-state index is 13.7. The van der Waals surface area contributed by atoms with Gasteiger partial charge in [0, 0.05) is 31.7 Å². The number of fused-ring (bicyclic) bond motifs is 1. The molecule has 1 aliphatic rings. The summed E-state index contributed by atoms with van der Waals surface area (Å²) < 4.78 is 13.7. The van der Waals surface area contributed by atoms with Gasteiger partial charge < -0.3 is 10.4 Å². The first-order valence-corrected chi connectivity index (χ1v) is 7.02. The van der Waals surface area contributed by atoms with Gasteiger partial charge in [0.05, 0.1) is 6.04 Å². The molecule has 2 N–H and O–H groups in total. The van der Waals surface area contributed by atoms with Crippen molar-refractivity contribution in [2.24, 2.45) is 0 Å². The predicted octanol–water partition coefficient (Wildman–Crippen LogP) is 2.46. The molecular weight excluding hydrogens is 255 g/mol. The Hall–Kier alpha value is -1.65. The lowest BCUT2D eigenvalue weighted by atomic mass is 9.96. The van der Waals surface area contributed by atoms with Crippen molar-refractivity contribution in [3.05, 3.63) is 42.0 Å². The van der Waals surface area contributed by atoms with E-state index in [2.05, 4.69) is 10.2 Å². The summed E-state index contributed by atoms with van der Waals surface area (Å²) in [5.74, 6) is 0.185. The summed E-state index contributed by atoms with van der Waals surface area (Å²) in [5, 5.41) is 15.5. The van der Waals surface area contributed by atoms with E-state index < -0.39 is 6.67 Å². The fourth-order valence-electron chi connectivity index (χ4n) is 2.99. The van der Waals surface area contributed by atoms with Gasteiger partial charge in [-0.3, -0.25) is 4.90 Å². The fourth-order valence-corrected chi connectivity index (χ4v) is 2.99. The number of nitrogens with zero attached hydrogens (tertiary/aromatic N) is 1. The zero-order valence-electron chi connectivity index (χ0n) is 11.3. The van der Waals surface area contributed by atoms with E-state index in [9.17, 15) is 9.50 Å². The van der Waals surface area contributed by atoms with Crippen molar-refractivity contribution in [3.8, 4) is 5.75 Å². The summed E-state index contributed by atoms with van der Waals surface area (Å²) in [4.78, 5) is 2.11. The van der Waals surface area contributed by atoms with Crippen LogP contribution in [0.15, 0.2) is 36.4 Å². The van der Waals surface area contributed by atoms with Crippen LogP contribution in [0.1, 0.15) is 11.6 Å². The van der Waals surface area contributed by atoms with Crippen LogP contribution in [0.4, 0.5) is 4.39 Å². The monoisotopic (exact) mass is 274 g/mol. The van der Waals surface area contributed by atoms with Crippen molar-refractivity contribution in [1.29, 1.82) is 0 Å². The van der Waals surface area contributed by atoms with Crippen molar-refractivity contribution in [3.63, 3.8) is 0 Å². The van der Waals surface area contributed by atoms with Crippen LogP contribution < -0.4 is 5.32 Å². The number of hydrogen-bond donors (Lipinski definition) is 2. The lowest BCUT2D eigenvalue weighted by molar-refractivity contribution is 0.146. The number of nitrogens with one attached hydrogen (secondary N) is 1. The second kappa shape index (κ2) is 5.77. The highest BCUT2D eigenvalue weighted by Crippen LogP contribution is 2.35. The molecule has 0 amide bonds. The summed E-state index contributed by atoms with van der Waals surface area (Å²) in [6.07, 6.45) is 0. The molecule has 106 valence electrons. The average Bonchev–Trinajstić information content (AvgIpc) is 2.51. The van der Waals surface area contributed by atoms with Crippen LogP contribution in [0.2, 0.25) is 0 Å². The largest absolute Gasteiger partial charge is 0.508 e. The minimum atomic E-state index is -0.485. The van der Waals surface area contributed by atoms with E-state index in [0.29, 0.717) is 5.56 Å². The van der Waals surface area contributed by atoms with Gasteiger partial charge in [0.25, 0.3) is 0 Å². The zero-order valence-corrected chi connectivity index (χ0v) is 11.3. The van der Waals surface area contributed by atoms with Gasteiger partial charge in [-0.25, -0.2) is 4.39 Å². The molecule has 4 heteroatoms. The highest BCUT2D eigenvalue weighted by Gasteiger charge is 2.26. The first kappa shape index (κ1) is 13.3. The van der Waals surface area contributed by atoms with E-state index in [-0.39, 0.29) is 11.8 Å². The quantitative estimate of drug-likeness (QED) is 0.902. The van der Waals surface area contributed by atoms with Crippen LogP contribution in [-0.2, 0) is 0 Å². The molecule has 3 nitrogen and oxygen atoms in total. The number of phenols is 1. The Morgan fingerprint density at radius 1 is 1.15 bits per heavy atom. The number of aromatic hydroxyl groups is 1. The first-order chi connectivity index (χ1) is 9.81. The lowest BCUT2D eigenvalue weighted by Gasteiger charge is -2.34. The molecule has 20 heavy (non-hydrogen) atoms. The molecule has 0 radical (unpaired) electrons. The van der Waals surface area contributed by atoms with Gasteiger partial charge in [0.15, 0.2) is 0 Å². The minimum absolute atomic E-state index is 0.185. The molecule has 0 aliphatic carbocycles. The van der Waals surface area contributed by atoms with E-state index in [1.165, 1.54) is 0 Å². The summed E-state index contributed by atoms with van der Waals surface area (Å²) >= 11 is 0. The molecular formula is C16H19FN2O. The minimum Gasteiger partial charge on any atom is -0.508 e. The molecule has 2 aromatic rings. The highest BCUT2D eigenvalue weighted by atomic mass is 19.1. The van der Waals surface area contributed by atoms with Gasteiger partial charge >= 0.3 is 0 Å². The number of benzene rings is 2. The van der Waals surface area contributed by atoms with Crippen LogP contribution in [-0.4, -0.2) is 42.9 Å². The first-order valence-electron chi connectivity index (χ1n) is 7.02. The van der Waals surface area contributed by atoms with Gasteiger partial charge in [-0.2, -0.15) is 0 Å². The third kappa shape index (κ3) is 2.37. The number of phenolic OH excluding ortho intramolecular Hbond substituents is 1. The molecule has 0 bridgehead atoms. The van der Waals surface area contributed by atoms with Gasteiger partial charge in [-0.1, -0.05) is 30.3 Å². The zero-order chi connectivity index (χ0) is 13.9. The SMILES string of the molecule is Oc1ccc2ccccc2c1[C@H](CF)N1CCNCC1. The van der Waals surface area contributed by atoms with Crippen molar-refractivity contribution in [1.82, 2.24) is 10.2 Å². The summed E-state index contributed by atoms with van der Waals surface area (Å²) in [7, 11) is 0. The molecule has 0 spiro atoms. The Morgan fingerprint density at radius 3 is 2.65 bits per heavy atom. The standard InChI is InChI=1S/C16H19FN2O/c17-11-14(19-9-7-18-8-10-19)16-13-4-2-1-3-12(13)5-6-15(16)20/h1-6,14,18,20H,7-11H2/t14-/m0/s1. The average molecular weight is 274 g/mol. The maximum Gasteiger partial charge on any atom is 0.121 e. The Bertz CT molecular complexity index is 596. The third-order valence-corrected chi connectivity index (χ3v) is 4.02. The summed E-state index contributed by atoms with van der Waals surface area (Å²) in [5.41, 5.74) is 0.715. The Morgan fingerprint density at radius 2 is 1.90 bits per heavy atom. The van der Waals surface area contributed by atoms with Gasteiger partial charge in [-0.15, -0.1) is 0 Å². The second-order valence-electron chi connectivity index (χ2n) is 5.18. The van der Waals surface area contributed by atoms with E-state index >= 15 is 0 Å². The number of piperazine rings is 1. The Labute approximate surface area is 118 Å². The van der Waals surface area contributed by atoms with Crippen molar-refractivity contribution >= 4 is 10.8 Å². The van der Waals surface area contributed by atoms with Crippen LogP contribution in [0.5, 0.6) is 5.75 Å². The summed E-state index contributed by atoms with van der Waals surface area (Å²) in [6.45, 7) is 2.85. The number of alkyl halides is 1. The van der Waals surface area contributed by atoms with E-state index in [1.54, 1.807) is 6.07 Å². The van der Waals surface area contributed by atoms with Gasteiger partial charge in [0.2, 0.25) is 0 Å². The molecule has 0 unspecified atom stereocenters. The Kier molecular flexibility index (Phi) is 3.85. The van der Waals surface area contributed by atoms with Crippen LogP contribution in [0.25, 0.3) is 10.8 Å². The van der Waals surface area contributed by atoms with Crippen LogP contribution in [0, 0.1) is 0 Å². The molecule has 1 heterocycles. The number of rotatable bonds is 3. The topological polar surface area (TPSA) is 35.5 Å². The fraction of sp³-hybridized carbons (Fsp3) is 0.375. The van der Waals surface area contributed by atoms with E-state index in [4.69, 9.17) is 0 Å². The van der Waals surface area contributed by atoms with Crippen LogP contribution >= 0.6 is 0 Å². The highest BCUT2D eigenvalue weighted by molar-refractivity contribution is 5.88. The molecule has 3 rings (SSSR count). The molecule has 1 atom stereocenters. The molecule has 0 saturated carbocycles. The van der Waals surface area contributed by atoms with Crippen molar-refractivity contribution < 1.29 is 9.50 Å². The molecule has 1 aliphatic heterocycles. The van der Waals surface area contributed by atoms with E-state index in [1.807, 2.05) is 30.3 Å². The summed E-state index contributed by atoms with van der Waals surface area (Å²) in [6, 6.07) is 11.0. The normalized spacial score (nSPS) is 18.2. The predicted molar refractivity (Wildman–Crippen MR) is 78.8 cm³/mol. The molecule has 2 aromatic carbocycles. The van der Waals surface area contributed by atoms with Crippen molar-refractivity contribution in [2.75, 3.05) is 32.9 Å². The van der Waals surface area contributed by atoms with Gasteiger partial charge in [0.1, 0.15) is 12.4 Å². The van der Waals surface area contributed by atoms with Crippen LogP contribution in [0.3, 0.4) is 0 Å². The molecule has 0 aromatic heterocycles.